The summed E-state index contributed by atoms with van der Waals surface area (Å²) in [6.07, 6.45) is -1.84. The van der Waals surface area contributed by atoms with Gasteiger partial charge in [0.25, 0.3) is 0 Å². The van der Waals surface area contributed by atoms with Crippen molar-refractivity contribution in [3.63, 3.8) is 0 Å². The van der Waals surface area contributed by atoms with Gasteiger partial charge in [0.1, 0.15) is 5.01 Å². The van der Waals surface area contributed by atoms with Crippen LogP contribution in [-0.2, 0) is 0 Å². The van der Waals surface area contributed by atoms with Crippen LogP contribution in [0.3, 0.4) is 0 Å². The zero-order chi connectivity index (χ0) is 13.5. The summed E-state index contributed by atoms with van der Waals surface area (Å²) in [4.78, 5) is 4.47. The minimum Gasteiger partial charge on any atom is -0.492 e. The van der Waals surface area contributed by atoms with Gasteiger partial charge in [-0.2, -0.15) is 13.2 Å². The number of alkyl halides is 3. The maximum absolute atomic E-state index is 12.9. The Labute approximate surface area is 110 Å². The fourth-order valence-corrected chi connectivity index (χ4v) is 2.61. The van der Waals surface area contributed by atoms with Gasteiger partial charge >= 0.3 is 6.18 Å². The van der Waals surface area contributed by atoms with E-state index < -0.39 is 11.7 Å². The Balaban J connectivity index is 2.49. The summed E-state index contributed by atoms with van der Waals surface area (Å²) in [7, 11) is 0. The molecule has 0 aromatic carbocycles. The maximum atomic E-state index is 12.9. The highest BCUT2D eigenvalue weighted by atomic mass is 32.1. The van der Waals surface area contributed by atoms with E-state index >= 15 is 0 Å². The van der Waals surface area contributed by atoms with Crippen LogP contribution < -0.4 is 0 Å². The van der Waals surface area contributed by atoms with Crippen molar-refractivity contribution in [2.24, 2.45) is 0 Å². The van der Waals surface area contributed by atoms with Gasteiger partial charge in [-0.05, 0) is 13.0 Å². The van der Waals surface area contributed by atoms with E-state index in [-0.39, 0.29) is 27.7 Å². The van der Waals surface area contributed by atoms with E-state index in [1.807, 2.05) is 0 Å². The molecular formula is C11H8F3NOS2. The molecule has 0 saturated heterocycles. The summed E-state index contributed by atoms with van der Waals surface area (Å²) in [5, 5.41) is 9.52. The molecule has 0 unspecified atom stereocenters. The number of nitrogens with zero attached hydrogens (tertiary/aromatic N) is 1. The lowest BCUT2D eigenvalue weighted by atomic mass is 9.97. The molecule has 0 saturated carbocycles. The number of thiazole rings is 1. The highest BCUT2D eigenvalue weighted by Crippen LogP contribution is 2.41. The predicted molar refractivity (Wildman–Crippen MR) is 67.8 cm³/mol. The summed E-state index contributed by atoms with van der Waals surface area (Å²) in [5.41, 5.74) is -0.808. The third-order valence-corrected chi connectivity index (χ3v) is 3.69. The molecule has 1 aliphatic rings. The van der Waals surface area contributed by atoms with Crippen molar-refractivity contribution in [3.8, 4) is 5.88 Å². The lowest BCUT2D eigenvalue weighted by Gasteiger charge is -2.17. The summed E-state index contributed by atoms with van der Waals surface area (Å²) in [6.45, 7) is 1.60. The summed E-state index contributed by atoms with van der Waals surface area (Å²) in [6, 6.07) is 0. The standard InChI is InChI=1S/C11H8F3NOS2/c1-5-9(16)15-10(18-5)7-3-2-6(17)4-8(7)11(12,13)14/h3-4,16H,2H2,1H3. The number of hydrogen-bond donors (Lipinski definition) is 1. The van der Waals surface area contributed by atoms with Crippen LogP contribution in [0.4, 0.5) is 13.2 Å². The van der Waals surface area contributed by atoms with Crippen LogP contribution in [0.1, 0.15) is 16.3 Å². The fourth-order valence-electron chi connectivity index (χ4n) is 1.55. The molecule has 2 rings (SSSR count). The van der Waals surface area contributed by atoms with Crippen molar-refractivity contribution >= 4 is 34.0 Å². The van der Waals surface area contributed by atoms with E-state index in [0.29, 0.717) is 4.88 Å². The smallest absolute Gasteiger partial charge is 0.417 e. The number of halogens is 3. The van der Waals surface area contributed by atoms with Crippen molar-refractivity contribution in [3.05, 3.63) is 27.6 Å². The fraction of sp³-hybridized carbons (Fsp3) is 0.273. The zero-order valence-corrected chi connectivity index (χ0v) is 10.8. The van der Waals surface area contributed by atoms with Gasteiger partial charge in [-0.25, -0.2) is 4.98 Å². The van der Waals surface area contributed by atoms with Crippen LogP contribution in [0, 0.1) is 6.92 Å². The molecule has 1 aromatic heterocycles. The number of aromatic hydroxyl groups is 1. The molecule has 0 bridgehead atoms. The Bertz CT molecular complexity index is 550. The molecule has 0 radical (unpaired) electrons. The van der Waals surface area contributed by atoms with Gasteiger partial charge in [0.05, 0.1) is 10.5 Å². The molecule has 0 aliphatic heterocycles. The van der Waals surface area contributed by atoms with Gasteiger partial charge in [0.15, 0.2) is 0 Å². The van der Waals surface area contributed by atoms with Crippen molar-refractivity contribution in [1.82, 2.24) is 4.98 Å². The van der Waals surface area contributed by atoms with E-state index in [1.54, 1.807) is 6.92 Å². The van der Waals surface area contributed by atoms with Crippen molar-refractivity contribution in [2.75, 3.05) is 0 Å². The number of rotatable bonds is 1. The molecule has 1 aliphatic carbocycles. The minimum atomic E-state index is -4.48. The Kier molecular flexibility index (Phi) is 3.29. The SMILES string of the molecule is Cc1sc(C2=CCC(=S)C=C2C(F)(F)F)nc1O. The lowest BCUT2D eigenvalue weighted by Crippen LogP contribution is -2.17. The first-order valence-electron chi connectivity index (χ1n) is 4.98. The number of allylic oxidation sites excluding steroid dienone is 4. The van der Waals surface area contributed by atoms with Crippen LogP contribution in [0.5, 0.6) is 5.88 Å². The van der Waals surface area contributed by atoms with Crippen LogP contribution in [-0.4, -0.2) is 21.1 Å². The van der Waals surface area contributed by atoms with Crippen molar-refractivity contribution in [2.45, 2.75) is 19.5 Å². The van der Waals surface area contributed by atoms with Gasteiger partial charge in [0.2, 0.25) is 5.88 Å². The van der Waals surface area contributed by atoms with E-state index in [9.17, 15) is 18.3 Å². The molecule has 96 valence electrons. The molecule has 1 N–H and O–H groups in total. The molecule has 18 heavy (non-hydrogen) atoms. The first kappa shape index (κ1) is 13.2. The molecular weight excluding hydrogens is 283 g/mol. The average molecular weight is 291 g/mol. The summed E-state index contributed by atoms with van der Waals surface area (Å²) < 4.78 is 38.7. The molecule has 1 heterocycles. The molecule has 0 spiro atoms. The first-order chi connectivity index (χ1) is 8.29. The van der Waals surface area contributed by atoms with Gasteiger partial charge < -0.3 is 5.11 Å². The largest absolute Gasteiger partial charge is 0.492 e. The van der Waals surface area contributed by atoms with Gasteiger partial charge in [-0.3, -0.25) is 0 Å². The second-order valence-corrected chi connectivity index (χ2v) is 5.47. The molecule has 0 atom stereocenters. The number of hydrogen-bond acceptors (Lipinski definition) is 4. The quantitative estimate of drug-likeness (QED) is 0.799. The van der Waals surface area contributed by atoms with Crippen LogP contribution in [0.2, 0.25) is 0 Å². The number of thiocarbonyl (C=S) groups is 1. The molecule has 2 nitrogen and oxygen atoms in total. The molecule has 7 heteroatoms. The van der Waals surface area contributed by atoms with Gasteiger partial charge in [0, 0.05) is 16.9 Å². The number of aryl methyl sites for hydroxylation is 1. The summed E-state index contributed by atoms with van der Waals surface area (Å²) in [5.74, 6) is -0.231. The van der Waals surface area contributed by atoms with Crippen LogP contribution in [0.25, 0.3) is 5.57 Å². The van der Waals surface area contributed by atoms with E-state index in [4.69, 9.17) is 12.2 Å². The van der Waals surface area contributed by atoms with E-state index in [2.05, 4.69) is 4.98 Å². The third-order valence-electron chi connectivity index (χ3n) is 2.41. The Morgan fingerprint density at radius 3 is 2.61 bits per heavy atom. The van der Waals surface area contributed by atoms with Crippen LogP contribution in [0.15, 0.2) is 17.7 Å². The van der Waals surface area contributed by atoms with Crippen molar-refractivity contribution < 1.29 is 18.3 Å². The van der Waals surface area contributed by atoms with Gasteiger partial charge in [-0.1, -0.05) is 18.3 Å². The highest BCUT2D eigenvalue weighted by molar-refractivity contribution is 7.80. The molecule has 0 amide bonds. The molecule has 0 fully saturated rings. The van der Waals surface area contributed by atoms with Crippen molar-refractivity contribution in [1.29, 1.82) is 0 Å². The maximum Gasteiger partial charge on any atom is 0.417 e. The first-order valence-corrected chi connectivity index (χ1v) is 6.20. The number of aromatic nitrogens is 1. The monoisotopic (exact) mass is 291 g/mol. The second-order valence-electron chi connectivity index (χ2n) is 3.74. The van der Waals surface area contributed by atoms with Crippen LogP contribution >= 0.6 is 23.6 Å². The Morgan fingerprint density at radius 1 is 1.44 bits per heavy atom. The summed E-state index contributed by atoms with van der Waals surface area (Å²) >= 11 is 5.83. The van der Waals surface area contributed by atoms with Gasteiger partial charge in [-0.15, -0.1) is 11.3 Å². The Morgan fingerprint density at radius 2 is 2.11 bits per heavy atom. The minimum absolute atomic E-state index is 0.00972. The average Bonchev–Trinajstić information content (AvgIpc) is 2.57. The second kappa shape index (κ2) is 4.47. The lowest BCUT2D eigenvalue weighted by molar-refractivity contribution is -0.0870. The highest BCUT2D eigenvalue weighted by Gasteiger charge is 2.38. The molecule has 1 aromatic rings. The Hall–Kier alpha value is -1.21. The predicted octanol–water partition coefficient (Wildman–Crippen LogP) is 3.80. The van der Waals surface area contributed by atoms with E-state index in [1.165, 1.54) is 6.08 Å². The normalized spacial score (nSPS) is 16.6. The third kappa shape index (κ3) is 2.46. The zero-order valence-electron chi connectivity index (χ0n) is 9.21. The topological polar surface area (TPSA) is 33.1 Å². The van der Waals surface area contributed by atoms with E-state index in [0.717, 1.165) is 17.4 Å².